The number of primary amides is 1. The lowest BCUT2D eigenvalue weighted by Crippen LogP contribution is -2.37. The van der Waals surface area contributed by atoms with Crippen molar-refractivity contribution in [3.8, 4) is 5.75 Å². The Morgan fingerprint density at radius 1 is 1.23 bits per heavy atom. The van der Waals surface area contributed by atoms with Crippen molar-refractivity contribution < 1.29 is 14.3 Å². The summed E-state index contributed by atoms with van der Waals surface area (Å²) in [7, 11) is 3.26. The summed E-state index contributed by atoms with van der Waals surface area (Å²) in [5.74, 6) is 0.215. The number of nitrogens with zero attached hydrogens (tertiary/aromatic N) is 3. The Morgan fingerprint density at radius 2 is 1.97 bits per heavy atom. The lowest BCUT2D eigenvalue weighted by Gasteiger charge is -2.18. The van der Waals surface area contributed by atoms with Crippen LogP contribution in [-0.4, -0.2) is 47.1 Å². The van der Waals surface area contributed by atoms with Crippen molar-refractivity contribution in [2.24, 2.45) is 5.73 Å². The Morgan fingerprint density at radius 3 is 2.63 bits per heavy atom. The maximum Gasteiger partial charge on any atom is 0.317 e. The largest absolute Gasteiger partial charge is 0.494 e. The van der Waals surface area contributed by atoms with Gasteiger partial charge in [-0.05, 0) is 24.1 Å². The van der Waals surface area contributed by atoms with Crippen molar-refractivity contribution in [3.05, 3.63) is 53.6 Å². The van der Waals surface area contributed by atoms with Crippen LogP contribution in [0.2, 0.25) is 0 Å². The maximum atomic E-state index is 12.3. The van der Waals surface area contributed by atoms with Crippen LogP contribution in [0.4, 0.5) is 10.7 Å². The molecule has 3 rings (SSSR count). The molecule has 0 saturated carbocycles. The third-order valence-electron chi connectivity index (χ3n) is 4.85. The predicted octanol–water partition coefficient (Wildman–Crippen LogP) is 1.96. The van der Waals surface area contributed by atoms with Gasteiger partial charge in [-0.2, -0.15) is 0 Å². The first-order chi connectivity index (χ1) is 14.4. The molecule has 9 nitrogen and oxygen atoms in total. The van der Waals surface area contributed by atoms with Gasteiger partial charge < -0.3 is 31.0 Å². The van der Waals surface area contributed by atoms with Crippen LogP contribution in [0.5, 0.6) is 5.75 Å². The van der Waals surface area contributed by atoms with Crippen LogP contribution in [0.3, 0.4) is 0 Å². The van der Waals surface area contributed by atoms with Gasteiger partial charge >= 0.3 is 6.03 Å². The molecule has 0 unspecified atom stereocenters. The molecule has 0 saturated heterocycles. The monoisotopic (exact) mass is 410 g/mol. The molecule has 0 fully saturated rings. The topological polar surface area (TPSA) is 128 Å². The zero-order chi connectivity index (χ0) is 21.7. The highest BCUT2D eigenvalue weighted by molar-refractivity contribution is 5.98. The van der Waals surface area contributed by atoms with E-state index in [0.717, 1.165) is 5.56 Å². The minimum atomic E-state index is -0.563. The fourth-order valence-electron chi connectivity index (χ4n) is 3.25. The molecular weight excluding hydrogens is 384 g/mol. The summed E-state index contributed by atoms with van der Waals surface area (Å²) in [5.41, 5.74) is 14.0. The molecule has 0 aliphatic carbocycles. The van der Waals surface area contributed by atoms with Gasteiger partial charge in [-0.3, -0.25) is 4.79 Å². The molecule has 0 atom stereocenters. The second-order valence-corrected chi connectivity index (χ2v) is 6.95. The highest BCUT2D eigenvalue weighted by atomic mass is 16.5. The number of carbonyl (C=O) groups excluding carboxylic acids is 2. The fourth-order valence-corrected chi connectivity index (χ4v) is 3.25. The summed E-state index contributed by atoms with van der Waals surface area (Å²) < 4.78 is 7.23. The smallest absolute Gasteiger partial charge is 0.317 e. The van der Waals surface area contributed by atoms with E-state index >= 15 is 0 Å². The standard InChI is InChI=1S/C21H26N6O3/c1-26(21(29)24-13-14-7-4-3-5-8-14)9-6-10-27-18-16(25-20(27)23)11-15(19(22)28)12-17(18)30-2/h3-5,7-8,11-12H,6,9-10,13H2,1-2H3,(H2,22,28)(H2,23,25)(H,24,29). The zero-order valence-electron chi connectivity index (χ0n) is 17.1. The molecule has 3 amide bonds. The molecule has 0 radical (unpaired) electrons. The van der Waals surface area contributed by atoms with Crippen molar-refractivity contribution in [3.63, 3.8) is 0 Å². The van der Waals surface area contributed by atoms with E-state index in [1.807, 2.05) is 34.9 Å². The van der Waals surface area contributed by atoms with E-state index in [1.54, 1.807) is 24.1 Å². The number of nitrogens with one attached hydrogen (secondary N) is 1. The molecule has 3 aromatic rings. The Balaban J connectivity index is 1.63. The Bertz CT molecular complexity index is 1050. The van der Waals surface area contributed by atoms with Gasteiger partial charge in [0.1, 0.15) is 11.3 Å². The van der Waals surface area contributed by atoms with Gasteiger partial charge in [0.25, 0.3) is 0 Å². The van der Waals surface area contributed by atoms with Crippen molar-refractivity contribution in [1.82, 2.24) is 19.8 Å². The number of nitrogens with two attached hydrogens (primary N) is 2. The third-order valence-corrected chi connectivity index (χ3v) is 4.85. The molecule has 9 heteroatoms. The molecule has 0 aliphatic heterocycles. The maximum absolute atomic E-state index is 12.3. The number of fused-ring (bicyclic) bond motifs is 1. The summed E-state index contributed by atoms with van der Waals surface area (Å²) >= 11 is 0. The first-order valence-electron chi connectivity index (χ1n) is 9.57. The van der Waals surface area contributed by atoms with Gasteiger partial charge in [0.2, 0.25) is 11.9 Å². The lowest BCUT2D eigenvalue weighted by molar-refractivity contribution is 0.1000. The van der Waals surface area contributed by atoms with Crippen LogP contribution in [0.1, 0.15) is 22.3 Å². The number of carbonyl (C=O) groups is 2. The number of imidazole rings is 1. The molecule has 2 aromatic carbocycles. The second kappa shape index (κ2) is 9.17. The van der Waals surface area contributed by atoms with E-state index in [-0.39, 0.29) is 6.03 Å². The van der Waals surface area contributed by atoms with Crippen LogP contribution in [0.15, 0.2) is 42.5 Å². The highest BCUT2D eigenvalue weighted by Gasteiger charge is 2.17. The quantitative estimate of drug-likeness (QED) is 0.523. The number of anilines is 1. The van der Waals surface area contributed by atoms with Gasteiger partial charge in [-0.1, -0.05) is 30.3 Å². The number of aryl methyl sites for hydroxylation is 1. The molecule has 0 spiro atoms. The van der Waals surface area contributed by atoms with Crippen LogP contribution in [0.25, 0.3) is 11.0 Å². The first-order valence-corrected chi connectivity index (χ1v) is 9.57. The van der Waals surface area contributed by atoms with Gasteiger partial charge in [0, 0.05) is 32.2 Å². The van der Waals surface area contributed by atoms with Gasteiger partial charge in [-0.15, -0.1) is 0 Å². The first kappa shape index (κ1) is 21.0. The Labute approximate surface area is 174 Å². The molecular formula is C21H26N6O3. The van der Waals surface area contributed by atoms with Crippen LogP contribution >= 0.6 is 0 Å². The fraction of sp³-hybridized carbons (Fsp3) is 0.286. The summed E-state index contributed by atoms with van der Waals surface area (Å²) in [4.78, 5) is 29.8. The number of amides is 3. The van der Waals surface area contributed by atoms with Crippen molar-refractivity contribution in [1.29, 1.82) is 0 Å². The van der Waals surface area contributed by atoms with Gasteiger partial charge in [0.05, 0.1) is 12.6 Å². The molecule has 0 aliphatic rings. The van der Waals surface area contributed by atoms with Crippen LogP contribution < -0.4 is 21.5 Å². The number of ether oxygens (including phenoxy) is 1. The van der Waals surface area contributed by atoms with Crippen molar-refractivity contribution in [2.75, 3.05) is 26.4 Å². The minimum absolute atomic E-state index is 0.147. The van der Waals surface area contributed by atoms with E-state index in [2.05, 4.69) is 10.3 Å². The average Bonchev–Trinajstić information content (AvgIpc) is 3.07. The SMILES string of the molecule is COc1cc(C(N)=O)cc2nc(N)n(CCCN(C)C(=O)NCc3ccccc3)c12. The third kappa shape index (κ3) is 4.62. The van der Waals surface area contributed by atoms with Crippen molar-refractivity contribution in [2.45, 2.75) is 19.5 Å². The van der Waals surface area contributed by atoms with E-state index in [4.69, 9.17) is 16.2 Å². The number of methoxy groups -OCH3 is 1. The van der Waals surface area contributed by atoms with E-state index in [0.29, 0.717) is 54.3 Å². The molecule has 0 bridgehead atoms. The number of nitrogen functional groups attached to an aromatic ring is 1. The normalized spacial score (nSPS) is 10.7. The van der Waals surface area contributed by atoms with E-state index in [1.165, 1.54) is 7.11 Å². The van der Waals surface area contributed by atoms with Crippen LogP contribution in [-0.2, 0) is 13.1 Å². The van der Waals surface area contributed by atoms with Crippen molar-refractivity contribution >= 4 is 28.9 Å². The van der Waals surface area contributed by atoms with Gasteiger partial charge in [-0.25, -0.2) is 9.78 Å². The number of aromatic nitrogens is 2. The average molecular weight is 410 g/mol. The number of urea groups is 1. The highest BCUT2D eigenvalue weighted by Crippen LogP contribution is 2.29. The zero-order valence-corrected chi connectivity index (χ0v) is 17.1. The second-order valence-electron chi connectivity index (χ2n) is 6.95. The molecule has 1 aromatic heterocycles. The molecule has 5 N–H and O–H groups in total. The number of rotatable bonds is 8. The predicted molar refractivity (Wildman–Crippen MR) is 115 cm³/mol. The summed E-state index contributed by atoms with van der Waals surface area (Å²) in [6, 6.07) is 12.8. The Hall–Kier alpha value is -3.75. The summed E-state index contributed by atoms with van der Waals surface area (Å²) in [6.07, 6.45) is 0.658. The Kier molecular flexibility index (Phi) is 6.41. The number of benzene rings is 2. The molecule has 30 heavy (non-hydrogen) atoms. The van der Waals surface area contributed by atoms with Gasteiger partial charge in [0.15, 0.2) is 0 Å². The van der Waals surface area contributed by atoms with E-state index in [9.17, 15) is 9.59 Å². The lowest BCUT2D eigenvalue weighted by atomic mass is 10.1. The summed E-state index contributed by atoms with van der Waals surface area (Å²) in [6.45, 7) is 1.54. The number of hydrogen-bond donors (Lipinski definition) is 3. The minimum Gasteiger partial charge on any atom is -0.494 e. The number of hydrogen-bond acceptors (Lipinski definition) is 5. The molecule has 1 heterocycles. The molecule has 158 valence electrons. The van der Waals surface area contributed by atoms with Crippen LogP contribution in [0, 0.1) is 0 Å². The van der Waals surface area contributed by atoms with E-state index < -0.39 is 5.91 Å². The summed E-state index contributed by atoms with van der Waals surface area (Å²) in [5, 5.41) is 2.90.